The molecule has 0 atom stereocenters. The van der Waals surface area contributed by atoms with Gasteiger partial charge in [0.1, 0.15) is 5.82 Å². The van der Waals surface area contributed by atoms with Gasteiger partial charge in [-0.25, -0.2) is 4.39 Å². The van der Waals surface area contributed by atoms with Gasteiger partial charge >= 0.3 is 0 Å². The molecule has 76 valence electrons. The fraction of sp³-hybridized carbons (Fsp3) is 0.0833. The first-order chi connectivity index (χ1) is 7.20. The van der Waals surface area contributed by atoms with E-state index in [0.717, 1.165) is 5.56 Å². The minimum Gasteiger partial charge on any atom is -0.255 e. The summed E-state index contributed by atoms with van der Waals surface area (Å²) in [5.41, 5.74) is 1.82. The van der Waals surface area contributed by atoms with Crippen molar-refractivity contribution in [2.45, 2.75) is 6.92 Å². The summed E-state index contributed by atoms with van der Waals surface area (Å²) in [6.45, 7) is 1.87. The van der Waals surface area contributed by atoms with Crippen LogP contribution in [0, 0.1) is 12.7 Å². The lowest BCUT2D eigenvalue weighted by atomic mass is 10.1. The van der Waals surface area contributed by atoms with E-state index >= 15 is 0 Å². The molecule has 15 heavy (non-hydrogen) atoms. The van der Waals surface area contributed by atoms with Crippen molar-refractivity contribution in [1.82, 2.24) is 4.98 Å². The molecule has 3 heteroatoms. The minimum atomic E-state index is -0.308. The molecule has 1 nitrogen and oxygen atoms in total. The number of hydrogen-bond acceptors (Lipinski definition) is 1. The molecule has 0 saturated heterocycles. The van der Waals surface area contributed by atoms with E-state index in [1.807, 2.05) is 6.92 Å². The van der Waals surface area contributed by atoms with Gasteiger partial charge in [-0.1, -0.05) is 23.7 Å². The molecule has 0 saturated carbocycles. The van der Waals surface area contributed by atoms with Crippen molar-refractivity contribution in [2.24, 2.45) is 0 Å². The average Bonchev–Trinajstić information content (AvgIpc) is 2.23. The van der Waals surface area contributed by atoms with Crippen LogP contribution in [0.2, 0.25) is 5.02 Å². The lowest BCUT2D eigenvalue weighted by molar-refractivity contribution is 0.630. The van der Waals surface area contributed by atoms with Gasteiger partial charge in [-0.3, -0.25) is 4.98 Å². The number of aryl methyl sites for hydroxylation is 1. The molecule has 1 heterocycles. The second kappa shape index (κ2) is 3.99. The van der Waals surface area contributed by atoms with E-state index in [0.29, 0.717) is 16.3 Å². The zero-order valence-corrected chi connectivity index (χ0v) is 8.92. The third-order valence-corrected chi connectivity index (χ3v) is 2.69. The Kier molecular flexibility index (Phi) is 2.69. The summed E-state index contributed by atoms with van der Waals surface area (Å²) in [5, 5.41) is 0.502. The van der Waals surface area contributed by atoms with Crippen LogP contribution in [0.1, 0.15) is 5.56 Å². The van der Waals surface area contributed by atoms with Crippen LogP contribution in [0.15, 0.2) is 36.5 Å². The van der Waals surface area contributed by atoms with Crippen LogP contribution in [-0.4, -0.2) is 4.98 Å². The predicted molar refractivity (Wildman–Crippen MR) is 59.4 cm³/mol. The molecule has 0 fully saturated rings. The molecular formula is C12H9ClFN. The largest absolute Gasteiger partial charge is 0.255 e. The first-order valence-corrected chi connectivity index (χ1v) is 4.94. The average molecular weight is 222 g/mol. The van der Waals surface area contributed by atoms with E-state index < -0.39 is 0 Å². The van der Waals surface area contributed by atoms with Crippen molar-refractivity contribution < 1.29 is 4.39 Å². The number of benzene rings is 1. The maximum Gasteiger partial charge on any atom is 0.132 e. The molecule has 0 amide bonds. The van der Waals surface area contributed by atoms with E-state index in [9.17, 15) is 4.39 Å². The fourth-order valence-corrected chi connectivity index (χ4v) is 1.59. The molecule has 1 aromatic carbocycles. The molecule has 0 radical (unpaired) electrons. The van der Waals surface area contributed by atoms with Gasteiger partial charge in [-0.05, 0) is 30.7 Å². The van der Waals surface area contributed by atoms with Crippen molar-refractivity contribution in [3.05, 3.63) is 52.9 Å². The highest BCUT2D eigenvalue weighted by Crippen LogP contribution is 2.29. The van der Waals surface area contributed by atoms with Gasteiger partial charge in [0.15, 0.2) is 0 Å². The van der Waals surface area contributed by atoms with Crippen molar-refractivity contribution in [1.29, 1.82) is 0 Å². The Morgan fingerprint density at radius 1 is 1.20 bits per heavy atom. The molecule has 0 aliphatic rings. The Balaban J connectivity index is 2.65. The van der Waals surface area contributed by atoms with E-state index in [1.54, 1.807) is 30.5 Å². The van der Waals surface area contributed by atoms with Crippen LogP contribution in [0.3, 0.4) is 0 Å². The number of aromatic nitrogens is 1. The third kappa shape index (κ3) is 1.85. The molecule has 0 aliphatic carbocycles. The molecule has 2 rings (SSSR count). The van der Waals surface area contributed by atoms with Crippen LogP contribution in [0.4, 0.5) is 4.39 Å². The van der Waals surface area contributed by atoms with Crippen molar-refractivity contribution in [3.63, 3.8) is 0 Å². The smallest absolute Gasteiger partial charge is 0.132 e. The maximum atomic E-state index is 13.5. The summed E-state index contributed by atoms with van der Waals surface area (Å²) in [5.74, 6) is -0.308. The third-order valence-electron chi connectivity index (χ3n) is 2.21. The van der Waals surface area contributed by atoms with Gasteiger partial charge in [-0.15, -0.1) is 0 Å². The number of nitrogens with zero attached hydrogens (tertiary/aromatic N) is 1. The Bertz CT molecular complexity index is 497. The number of rotatable bonds is 1. The SMILES string of the molecule is Cc1ccnc(-c2ccccc2F)c1Cl. The van der Waals surface area contributed by atoms with Gasteiger partial charge in [0.25, 0.3) is 0 Å². The maximum absolute atomic E-state index is 13.5. The lowest BCUT2D eigenvalue weighted by Crippen LogP contribution is -1.90. The summed E-state index contributed by atoms with van der Waals surface area (Å²) in [6, 6.07) is 8.27. The lowest BCUT2D eigenvalue weighted by Gasteiger charge is -2.06. The topological polar surface area (TPSA) is 12.9 Å². The Labute approximate surface area is 92.5 Å². The van der Waals surface area contributed by atoms with Crippen LogP contribution < -0.4 is 0 Å². The van der Waals surface area contributed by atoms with E-state index in [-0.39, 0.29) is 5.82 Å². The van der Waals surface area contributed by atoms with Crippen molar-refractivity contribution >= 4 is 11.6 Å². The van der Waals surface area contributed by atoms with Crippen molar-refractivity contribution in [2.75, 3.05) is 0 Å². The minimum absolute atomic E-state index is 0.308. The highest BCUT2D eigenvalue weighted by Gasteiger charge is 2.10. The predicted octanol–water partition coefficient (Wildman–Crippen LogP) is 3.85. The van der Waals surface area contributed by atoms with Crippen LogP contribution in [0.5, 0.6) is 0 Å². The zero-order chi connectivity index (χ0) is 10.8. The molecule has 0 N–H and O–H groups in total. The summed E-state index contributed by atoms with van der Waals surface area (Å²) >= 11 is 6.07. The zero-order valence-electron chi connectivity index (χ0n) is 8.17. The van der Waals surface area contributed by atoms with Crippen LogP contribution in [0.25, 0.3) is 11.3 Å². The van der Waals surface area contributed by atoms with Gasteiger partial charge < -0.3 is 0 Å². The standard InChI is InChI=1S/C12H9ClFN/c1-8-6-7-15-12(11(8)13)9-4-2-3-5-10(9)14/h2-7H,1H3. The Morgan fingerprint density at radius 3 is 2.67 bits per heavy atom. The van der Waals surface area contributed by atoms with E-state index in [4.69, 9.17) is 11.6 Å². The summed E-state index contributed by atoms with van der Waals surface area (Å²) in [6.07, 6.45) is 1.63. The second-order valence-electron chi connectivity index (χ2n) is 3.27. The van der Waals surface area contributed by atoms with E-state index in [1.165, 1.54) is 6.07 Å². The van der Waals surface area contributed by atoms with E-state index in [2.05, 4.69) is 4.98 Å². The summed E-state index contributed by atoms with van der Waals surface area (Å²) < 4.78 is 13.5. The number of halogens is 2. The number of pyridine rings is 1. The molecule has 2 aromatic rings. The molecule has 0 bridgehead atoms. The molecule has 1 aromatic heterocycles. The Hall–Kier alpha value is -1.41. The van der Waals surface area contributed by atoms with Crippen molar-refractivity contribution in [3.8, 4) is 11.3 Å². The van der Waals surface area contributed by atoms with Gasteiger partial charge in [-0.2, -0.15) is 0 Å². The second-order valence-corrected chi connectivity index (χ2v) is 3.65. The normalized spacial score (nSPS) is 10.3. The van der Waals surface area contributed by atoms with Gasteiger partial charge in [0.2, 0.25) is 0 Å². The van der Waals surface area contributed by atoms with Gasteiger partial charge in [0.05, 0.1) is 10.7 Å². The Morgan fingerprint density at radius 2 is 1.93 bits per heavy atom. The first-order valence-electron chi connectivity index (χ1n) is 4.56. The van der Waals surface area contributed by atoms with Gasteiger partial charge in [0, 0.05) is 11.8 Å². The highest BCUT2D eigenvalue weighted by atomic mass is 35.5. The van der Waals surface area contributed by atoms with Crippen LogP contribution >= 0.6 is 11.6 Å². The summed E-state index contributed by atoms with van der Waals surface area (Å²) in [7, 11) is 0. The molecule has 0 aliphatic heterocycles. The monoisotopic (exact) mass is 221 g/mol. The first kappa shape index (κ1) is 10.1. The molecule has 0 spiro atoms. The number of hydrogen-bond donors (Lipinski definition) is 0. The fourth-order valence-electron chi connectivity index (χ4n) is 1.38. The highest BCUT2D eigenvalue weighted by molar-refractivity contribution is 6.33. The molecule has 0 unspecified atom stereocenters. The quantitative estimate of drug-likeness (QED) is 0.713. The summed E-state index contributed by atoms with van der Waals surface area (Å²) in [4.78, 5) is 4.10. The molecular weight excluding hydrogens is 213 g/mol. The van der Waals surface area contributed by atoms with Crippen LogP contribution in [-0.2, 0) is 0 Å².